The van der Waals surface area contributed by atoms with Crippen LogP contribution in [0.2, 0.25) is 0 Å². The molecule has 2 saturated heterocycles. The molecule has 3 aliphatic rings. The van der Waals surface area contributed by atoms with Gasteiger partial charge in [-0.3, -0.25) is 4.79 Å². The second-order valence-corrected chi connectivity index (χ2v) is 5.93. The van der Waals surface area contributed by atoms with E-state index in [1.165, 1.54) is 6.92 Å². The monoisotopic (exact) mass is 277 g/mol. The van der Waals surface area contributed by atoms with Crippen LogP contribution < -0.4 is 4.74 Å². The van der Waals surface area contributed by atoms with E-state index in [1.807, 2.05) is 24.3 Å². The maximum atomic E-state index is 14.1. The highest BCUT2D eigenvalue weighted by atomic mass is 19.1. The Bertz CT molecular complexity index is 571. The van der Waals surface area contributed by atoms with Crippen LogP contribution in [0.5, 0.6) is 5.75 Å². The zero-order valence-corrected chi connectivity index (χ0v) is 11.4. The van der Waals surface area contributed by atoms with Gasteiger partial charge in [-0.2, -0.15) is 0 Å². The van der Waals surface area contributed by atoms with Crippen LogP contribution in [0.1, 0.15) is 18.7 Å². The number of alkyl halides is 1. The first kappa shape index (κ1) is 12.1. The Morgan fingerprint density at radius 1 is 1.40 bits per heavy atom. The van der Waals surface area contributed by atoms with Gasteiger partial charge in [-0.25, -0.2) is 4.39 Å². The topological polar surface area (TPSA) is 38.8 Å². The third-order valence-corrected chi connectivity index (χ3v) is 4.88. The molecule has 1 amide bonds. The van der Waals surface area contributed by atoms with Crippen molar-refractivity contribution in [3.63, 3.8) is 0 Å². The molecule has 1 aromatic carbocycles. The lowest BCUT2D eigenvalue weighted by Gasteiger charge is -2.26. The average Bonchev–Trinajstić information content (AvgIpc) is 2.79. The lowest BCUT2D eigenvalue weighted by molar-refractivity contribution is -0.138. The number of halogens is 1. The van der Waals surface area contributed by atoms with Gasteiger partial charge in [0.2, 0.25) is 5.91 Å². The van der Waals surface area contributed by atoms with Crippen LogP contribution in [0, 0.1) is 11.8 Å². The highest BCUT2D eigenvalue weighted by Crippen LogP contribution is 2.64. The largest absolute Gasteiger partial charge is 0.497 e. The van der Waals surface area contributed by atoms with Crippen molar-refractivity contribution >= 4 is 5.91 Å². The molecule has 20 heavy (non-hydrogen) atoms. The van der Waals surface area contributed by atoms with Crippen molar-refractivity contribution in [2.24, 2.45) is 11.8 Å². The van der Waals surface area contributed by atoms with E-state index in [9.17, 15) is 9.18 Å². The predicted molar refractivity (Wildman–Crippen MR) is 68.8 cm³/mol. The molecule has 0 spiro atoms. The molecule has 3 fully saturated rings. The molecule has 0 unspecified atom stereocenters. The molecule has 4 nitrogen and oxygen atoms in total. The summed E-state index contributed by atoms with van der Waals surface area (Å²) in [7, 11) is 1.61. The summed E-state index contributed by atoms with van der Waals surface area (Å²) in [5, 5.41) is 0. The van der Waals surface area contributed by atoms with E-state index in [1.54, 1.807) is 12.0 Å². The van der Waals surface area contributed by atoms with Crippen LogP contribution >= 0.6 is 0 Å². The van der Waals surface area contributed by atoms with E-state index < -0.39 is 11.6 Å². The van der Waals surface area contributed by atoms with Crippen LogP contribution in [-0.4, -0.2) is 36.2 Å². The summed E-state index contributed by atoms with van der Waals surface area (Å²) < 4.78 is 25.0. The summed E-state index contributed by atoms with van der Waals surface area (Å²) in [5.74, 6) is -0.00561. The van der Waals surface area contributed by atoms with Crippen LogP contribution in [-0.2, 0) is 9.53 Å². The predicted octanol–water partition coefficient (Wildman–Crippen LogP) is 1.91. The van der Waals surface area contributed by atoms with E-state index in [0.29, 0.717) is 6.61 Å². The number of amides is 1. The van der Waals surface area contributed by atoms with Crippen molar-refractivity contribution in [3.8, 4) is 5.75 Å². The van der Waals surface area contributed by atoms with Crippen LogP contribution in [0.3, 0.4) is 0 Å². The van der Waals surface area contributed by atoms with Crippen molar-refractivity contribution in [2.75, 3.05) is 13.7 Å². The first-order chi connectivity index (χ1) is 9.55. The summed E-state index contributed by atoms with van der Waals surface area (Å²) in [6.07, 6.45) is -0.387. The van der Waals surface area contributed by atoms with Gasteiger partial charge in [0.05, 0.1) is 25.7 Å². The van der Waals surface area contributed by atoms with Crippen LogP contribution in [0.15, 0.2) is 24.3 Å². The highest BCUT2D eigenvalue weighted by Gasteiger charge is 2.77. The summed E-state index contributed by atoms with van der Waals surface area (Å²) >= 11 is 0. The third-order valence-electron chi connectivity index (χ3n) is 4.88. The normalized spacial score (nSPS) is 41.5. The average molecular weight is 277 g/mol. The Hall–Kier alpha value is -1.62. The highest BCUT2D eigenvalue weighted by molar-refractivity contribution is 5.88. The summed E-state index contributed by atoms with van der Waals surface area (Å²) in [5.41, 5.74) is -0.431. The van der Waals surface area contributed by atoms with Crippen molar-refractivity contribution in [1.82, 2.24) is 4.90 Å². The van der Waals surface area contributed by atoms with Crippen molar-refractivity contribution in [1.29, 1.82) is 0 Å². The van der Waals surface area contributed by atoms with E-state index in [0.717, 1.165) is 11.3 Å². The molecule has 5 atom stereocenters. The Balaban J connectivity index is 1.61. The quantitative estimate of drug-likeness (QED) is 0.829. The van der Waals surface area contributed by atoms with Gasteiger partial charge in [-0.15, -0.1) is 0 Å². The van der Waals surface area contributed by atoms with Crippen molar-refractivity contribution in [2.45, 2.75) is 24.9 Å². The molecule has 1 aromatic rings. The number of fused-ring (bicyclic) bond motifs is 3. The Kier molecular flexibility index (Phi) is 2.26. The smallest absolute Gasteiger partial charge is 0.232 e. The summed E-state index contributed by atoms with van der Waals surface area (Å²) in [4.78, 5) is 14.1. The van der Waals surface area contributed by atoms with E-state index in [-0.39, 0.29) is 24.1 Å². The number of piperidine rings is 1. The number of hydrogen-bond donors (Lipinski definition) is 0. The van der Waals surface area contributed by atoms with Crippen LogP contribution in [0.4, 0.5) is 4.39 Å². The molecule has 5 heteroatoms. The minimum absolute atomic E-state index is 0.108. The molecule has 2 aliphatic heterocycles. The molecular formula is C15H16FNO3. The van der Waals surface area contributed by atoms with Crippen molar-refractivity contribution in [3.05, 3.63) is 29.8 Å². The zero-order chi connectivity index (χ0) is 14.1. The summed E-state index contributed by atoms with van der Waals surface area (Å²) in [6.45, 7) is 1.95. The van der Waals surface area contributed by atoms with E-state index >= 15 is 0 Å². The maximum Gasteiger partial charge on any atom is 0.232 e. The molecular weight excluding hydrogens is 261 g/mol. The van der Waals surface area contributed by atoms with Gasteiger partial charge >= 0.3 is 0 Å². The second kappa shape index (κ2) is 3.73. The number of carbonyl (C=O) groups is 1. The molecule has 1 aliphatic carbocycles. The Labute approximate surface area is 116 Å². The first-order valence-corrected chi connectivity index (χ1v) is 6.82. The van der Waals surface area contributed by atoms with Gasteiger partial charge in [-0.1, -0.05) is 12.1 Å². The van der Waals surface area contributed by atoms with Gasteiger partial charge in [0, 0.05) is 11.5 Å². The standard InChI is InChI=1S/C15H16FNO3/c1-15(16)11-10-7-20-14(17(10)13(18)12(11)15)8-3-5-9(19-2)6-4-8/h3-6,10-12,14H,7H2,1-2H3/t10-,11-,12-,14-,15+/m1/s1. The fourth-order valence-corrected chi connectivity index (χ4v) is 3.77. The Morgan fingerprint density at radius 2 is 2.10 bits per heavy atom. The fraction of sp³-hybridized carbons (Fsp3) is 0.533. The molecule has 0 aromatic heterocycles. The minimum atomic E-state index is -1.34. The van der Waals surface area contributed by atoms with Gasteiger partial charge in [-0.05, 0) is 19.1 Å². The number of hydrogen-bond acceptors (Lipinski definition) is 3. The Morgan fingerprint density at radius 3 is 2.75 bits per heavy atom. The second-order valence-electron chi connectivity index (χ2n) is 5.93. The van der Waals surface area contributed by atoms with E-state index in [2.05, 4.69) is 0 Å². The third kappa shape index (κ3) is 1.36. The molecule has 0 radical (unpaired) electrons. The van der Waals surface area contributed by atoms with Gasteiger partial charge in [0.25, 0.3) is 0 Å². The number of rotatable bonds is 2. The first-order valence-electron chi connectivity index (χ1n) is 6.82. The number of ether oxygens (including phenoxy) is 2. The molecule has 0 N–H and O–H groups in total. The zero-order valence-electron chi connectivity index (χ0n) is 11.4. The van der Waals surface area contributed by atoms with Gasteiger partial charge in [0.1, 0.15) is 11.4 Å². The lowest BCUT2D eigenvalue weighted by atomic mass is 10.1. The molecule has 2 heterocycles. The number of carbonyl (C=O) groups excluding carboxylic acids is 1. The number of benzene rings is 1. The molecule has 106 valence electrons. The van der Waals surface area contributed by atoms with Gasteiger partial charge < -0.3 is 14.4 Å². The minimum Gasteiger partial charge on any atom is -0.497 e. The number of methoxy groups -OCH3 is 1. The van der Waals surface area contributed by atoms with Gasteiger partial charge in [0.15, 0.2) is 6.23 Å². The van der Waals surface area contributed by atoms with Crippen LogP contribution in [0.25, 0.3) is 0 Å². The SMILES string of the molecule is COc1ccc([C@H]2OC[C@@H]3[C@@H]4[C@H](C(=O)N23)[C@@]4(C)F)cc1. The molecule has 4 rings (SSSR count). The lowest BCUT2D eigenvalue weighted by Crippen LogP contribution is -2.38. The fourth-order valence-electron chi connectivity index (χ4n) is 3.77. The van der Waals surface area contributed by atoms with E-state index in [4.69, 9.17) is 9.47 Å². The summed E-state index contributed by atoms with van der Waals surface area (Å²) in [6, 6.07) is 7.34. The molecule has 1 saturated carbocycles. The maximum absolute atomic E-state index is 14.1. The van der Waals surface area contributed by atoms with Crippen molar-refractivity contribution < 1.29 is 18.7 Å². The molecule has 0 bridgehead atoms. The number of nitrogens with zero attached hydrogens (tertiary/aromatic N) is 1.